The lowest BCUT2D eigenvalue weighted by Gasteiger charge is -2.32. The van der Waals surface area contributed by atoms with E-state index >= 15 is 0 Å². The highest BCUT2D eigenvalue weighted by Gasteiger charge is 2.45. The zero-order valence-corrected chi connectivity index (χ0v) is 12.8. The van der Waals surface area contributed by atoms with Crippen LogP contribution in [-0.2, 0) is 5.41 Å². The zero-order valence-electron chi connectivity index (χ0n) is 12.8. The van der Waals surface area contributed by atoms with Crippen molar-refractivity contribution in [3.63, 3.8) is 0 Å². The molecule has 104 valence electrons. The van der Waals surface area contributed by atoms with Crippen LogP contribution in [0, 0.1) is 12.3 Å². The molecule has 0 amide bonds. The molecule has 0 nitrogen and oxygen atoms in total. The molecular formula is C20H24. The van der Waals surface area contributed by atoms with Crippen LogP contribution in [0.1, 0.15) is 49.8 Å². The average Bonchev–Trinajstić information content (AvgIpc) is 2.78. The smallest absolute Gasteiger partial charge is 0.0208 e. The van der Waals surface area contributed by atoms with Crippen molar-refractivity contribution >= 4 is 0 Å². The van der Waals surface area contributed by atoms with Crippen LogP contribution in [0.5, 0.6) is 0 Å². The summed E-state index contributed by atoms with van der Waals surface area (Å²) in [5, 5.41) is 0. The molecule has 1 aliphatic carbocycles. The topological polar surface area (TPSA) is 0 Å². The Morgan fingerprint density at radius 2 is 1.35 bits per heavy atom. The first-order valence-corrected chi connectivity index (χ1v) is 7.65. The molecule has 3 rings (SSSR count). The summed E-state index contributed by atoms with van der Waals surface area (Å²) in [6.45, 7) is 6.98. The predicted octanol–water partition coefficient (Wildman–Crippen LogP) is 5.49. The highest BCUT2D eigenvalue weighted by Crippen LogP contribution is 2.54. The van der Waals surface area contributed by atoms with Crippen LogP contribution >= 0.6 is 0 Å². The van der Waals surface area contributed by atoms with Crippen molar-refractivity contribution in [3.05, 3.63) is 71.3 Å². The van der Waals surface area contributed by atoms with E-state index in [1.807, 2.05) is 0 Å². The van der Waals surface area contributed by atoms with Crippen LogP contribution in [0.25, 0.3) is 0 Å². The van der Waals surface area contributed by atoms with Crippen molar-refractivity contribution < 1.29 is 0 Å². The van der Waals surface area contributed by atoms with Gasteiger partial charge in [-0.1, -0.05) is 74.0 Å². The van der Waals surface area contributed by atoms with Crippen LogP contribution in [0.2, 0.25) is 0 Å². The van der Waals surface area contributed by atoms with E-state index in [0.29, 0.717) is 5.41 Å². The monoisotopic (exact) mass is 264 g/mol. The number of aryl methyl sites for hydroxylation is 1. The second-order valence-electron chi connectivity index (χ2n) is 7.16. The Labute approximate surface area is 122 Å². The Bertz CT molecular complexity index is 577. The molecule has 1 unspecified atom stereocenters. The summed E-state index contributed by atoms with van der Waals surface area (Å²) in [7, 11) is 0. The molecule has 0 N–H and O–H groups in total. The second-order valence-corrected chi connectivity index (χ2v) is 7.16. The number of hydrogen-bond acceptors (Lipinski definition) is 0. The molecule has 0 aliphatic heterocycles. The first-order valence-electron chi connectivity index (χ1n) is 7.65. The van der Waals surface area contributed by atoms with E-state index in [-0.39, 0.29) is 5.41 Å². The Hall–Kier alpha value is -1.56. The lowest BCUT2D eigenvalue weighted by atomic mass is 9.71. The summed E-state index contributed by atoms with van der Waals surface area (Å²) >= 11 is 0. The summed E-state index contributed by atoms with van der Waals surface area (Å²) in [6, 6.07) is 20.3. The van der Waals surface area contributed by atoms with Crippen molar-refractivity contribution in [2.45, 2.75) is 45.4 Å². The second kappa shape index (κ2) is 4.77. The standard InChI is InChI=1S/C20H24/c1-16-9-11-18(12-10-16)20(14-13-19(2,3)15-20)17-7-5-4-6-8-17/h4-12H,13-15H2,1-3H3. The summed E-state index contributed by atoms with van der Waals surface area (Å²) in [6.07, 6.45) is 3.80. The first kappa shape index (κ1) is 13.4. The van der Waals surface area contributed by atoms with Gasteiger partial charge >= 0.3 is 0 Å². The lowest BCUT2D eigenvalue weighted by Crippen LogP contribution is -2.25. The third-order valence-corrected chi connectivity index (χ3v) is 4.94. The molecule has 0 spiro atoms. The average molecular weight is 264 g/mol. The third kappa shape index (κ3) is 2.28. The predicted molar refractivity (Wildman–Crippen MR) is 86.0 cm³/mol. The molecule has 0 aromatic heterocycles. The Morgan fingerprint density at radius 3 is 1.90 bits per heavy atom. The Kier molecular flexibility index (Phi) is 3.20. The van der Waals surface area contributed by atoms with Gasteiger partial charge in [-0.3, -0.25) is 0 Å². The van der Waals surface area contributed by atoms with E-state index < -0.39 is 0 Å². The van der Waals surface area contributed by atoms with E-state index in [4.69, 9.17) is 0 Å². The normalized spacial score (nSPS) is 24.8. The highest BCUT2D eigenvalue weighted by atomic mass is 14.5. The van der Waals surface area contributed by atoms with Crippen LogP contribution < -0.4 is 0 Å². The third-order valence-electron chi connectivity index (χ3n) is 4.94. The Morgan fingerprint density at radius 1 is 0.750 bits per heavy atom. The van der Waals surface area contributed by atoms with Gasteiger partial charge in [0.15, 0.2) is 0 Å². The van der Waals surface area contributed by atoms with Crippen LogP contribution in [-0.4, -0.2) is 0 Å². The molecule has 0 heteroatoms. The molecule has 1 atom stereocenters. The number of benzene rings is 2. The maximum Gasteiger partial charge on any atom is 0.0208 e. The molecule has 20 heavy (non-hydrogen) atoms. The SMILES string of the molecule is Cc1ccc(C2(c3ccccc3)CCC(C)(C)C2)cc1. The summed E-state index contributed by atoms with van der Waals surface area (Å²) < 4.78 is 0. The minimum atomic E-state index is 0.207. The van der Waals surface area contributed by atoms with E-state index in [1.54, 1.807) is 0 Å². The quantitative estimate of drug-likeness (QED) is 0.672. The van der Waals surface area contributed by atoms with Gasteiger partial charge in [-0.2, -0.15) is 0 Å². The van der Waals surface area contributed by atoms with Gasteiger partial charge in [-0.15, -0.1) is 0 Å². The van der Waals surface area contributed by atoms with Gasteiger partial charge < -0.3 is 0 Å². The molecule has 0 heterocycles. The van der Waals surface area contributed by atoms with Crippen molar-refractivity contribution in [1.82, 2.24) is 0 Å². The fraction of sp³-hybridized carbons (Fsp3) is 0.400. The molecule has 1 fully saturated rings. The minimum Gasteiger partial charge on any atom is -0.0622 e. The molecule has 0 radical (unpaired) electrons. The van der Waals surface area contributed by atoms with Crippen molar-refractivity contribution in [1.29, 1.82) is 0 Å². The molecule has 2 aromatic rings. The van der Waals surface area contributed by atoms with Crippen LogP contribution in [0.3, 0.4) is 0 Å². The largest absolute Gasteiger partial charge is 0.0622 e. The Balaban J connectivity index is 2.12. The number of hydrogen-bond donors (Lipinski definition) is 0. The van der Waals surface area contributed by atoms with Crippen molar-refractivity contribution in [2.75, 3.05) is 0 Å². The number of rotatable bonds is 2. The maximum atomic E-state index is 2.41. The van der Waals surface area contributed by atoms with Gasteiger partial charge in [0.05, 0.1) is 0 Å². The van der Waals surface area contributed by atoms with Gasteiger partial charge in [0, 0.05) is 5.41 Å². The van der Waals surface area contributed by atoms with E-state index in [0.717, 1.165) is 0 Å². The fourth-order valence-electron chi connectivity index (χ4n) is 3.83. The van der Waals surface area contributed by atoms with Gasteiger partial charge in [0.1, 0.15) is 0 Å². The maximum absolute atomic E-state index is 2.41. The van der Waals surface area contributed by atoms with Gasteiger partial charge in [-0.25, -0.2) is 0 Å². The molecule has 0 bridgehead atoms. The highest BCUT2D eigenvalue weighted by molar-refractivity contribution is 5.42. The van der Waals surface area contributed by atoms with Crippen molar-refractivity contribution in [2.24, 2.45) is 5.41 Å². The van der Waals surface area contributed by atoms with Gasteiger partial charge in [0.2, 0.25) is 0 Å². The molecule has 1 saturated carbocycles. The summed E-state index contributed by atoms with van der Waals surface area (Å²) in [5.41, 5.74) is 4.95. The van der Waals surface area contributed by atoms with E-state index in [9.17, 15) is 0 Å². The lowest BCUT2D eigenvalue weighted by molar-refractivity contribution is 0.357. The van der Waals surface area contributed by atoms with Gasteiger partial charge in [-0.05, 0) is 42.7 Å². The molecule has 2 aromatic carbocycles. The van der Waals surface area contributed by atoms with Gasteiger partial charge in [0.25, 0.3) is 0 Å². The van der Waals surface area contributed by atoms with E-state index in [2.05, 4.69) is 75.4 Å². The molecule has 0 saturated heterocycles. The van der Waals surface area contributed by atoms with Crippen LogP contribution in [0.4, 0.5) is 0 Å². The first-order chi connectivity index (χ1) is 9.52. The minimum absolute atomic E-state index is 0.207. The van der Waals surface area contributed by atoms with Crippen LogP contribution in [0.15, 0.2) is 54.6 Å². The van der Waals surface area contributed by atoms with E-state index in [1.165, 1.54) is 36.0 Å². The zero-order chi connectivity index (χ0) is 14.2. The fourth-order valence-corrected chi connectivity index (χ4v) is 3.83. The molecule has 1 aliphatic rings. The molecular weight excluding hydrogens is 240 g/mol. The summed E-state index contributed by atoms with van der Waals surface area (Å²) in [5.74, 6) is 0. The summed E-state index contributed by atoms with van der Waals surface area (Å²) in [4.78, 5) is 0. The van der Waals surface area contributed by atoms with Crippen molar-refractivity contribution in [3.8, 4) is 0 Å².